The van der Waals surface area contributed by atoms with Crippen molar-refractivity contribution in [3.05, 3.63) is 21.1 Å². The van der Waals surface area contributed by atoms with Crippen LogP contribution >= 0.6 is 31.9 Å². The molecule has 3 nitrogen and oxygen atoms in total. The number of rotatable bonds is 3. The van der Waals surface area contributed by atoms with Gasteiger partial charge in [-0.3, -0.25) is 4.79 Å². The maximum atomic E-state index is 11.6. The van der Waals surface area contributed by atoms with E-state index in [1.807, 2.05) is 19.9 Å². The third kappa shape index (κ3) is 3.22. The van der Waals surface area contributed by atoms with E-state index in [2.05, 4.69) is 37.2 Å². The van der Waals surface area contributed by atoms with Gasteiger partial charge in [0, 0.05) is 16.5 Å². The molecular formula is C11H13Br2NO2. The highest BCUT2D eigenvalue weighted by Crippen LogP contribution is 2.34. The zero-order chi connectivity index (χ0) is 12.3. The molecule has 0 spiro atoms. The summed E-state index contributed by atoms with van der Waals surface area (Å²) >= 11 is 6.76. The Hall–Kier alpha value is -0.550. The van der Waals surface area contributed by atoms with Gasteiger partial charge in [0.15, 0.2) is 0 Å². The van der Waals surface area contributed by atoms with Crippen molar-refractivity contribution in [1.82, 2.24) is 0 Å². The average molecular weight is 351 g/mol. The molecule has 0 aromatic heterocycles. The van der Waals surface area contributed by atoms with E-state index < -0.39 is 0 Å². The van der Waals surface area contributed by atoms with E-state index in [0.717, 1.165) is 8.95 Å². The number of benzene rings is 1. The lowest BCUT2D eigenvalue weighted by molar-refractivity contribution is -0.118. The number of amides is 1. The van der Waals surface area contributed by atoms with Crippen molar-refractivity contribution in [2.45, 2.75) is 13.8 Å². The summed E-state index contributed by atoms with van der Waals surface area (Å²) in [5.74, 6) is 0.605. The molecule has 1 rings (SSSR count). The number of methoxy groups -OCH3 is 1. The van der Waals surface area contributed by atoms with Gasteiger partial charge in [0.05, 0.1) is 17.3 Å². The van der Waals surface area contributed by atoms with Crippen LogP contribution in [0, 0.1) is 5.92 Å². The Kier molecular flexibility index (Phi) is 4.80. The molecule has 0 unspecified atom stereocenters. The summed E-state index contributed by atoms with van der Waals surface area (Å²) < 4.78 is 6.82. The van der Waals surface area contributed by atoms with Gasteiger partial charge in [-0.15, -0.1) is 0 Å². The van der Waals surface area contributed by atoms with Gasteiger partial charge in [0.1, 0.15) is 5.75 Å². The molecule has 0 aliphatic rings. The highest BCUT2D eigenvalue weighted by Gasteiger charge is 2.12. The molecule has 5 heteroatoms. The Labute approximate surface area is 112 Å². The molecule has 0 atom stereocenters. The second-order valence-electron chi connectivity index (χ2n) is 3.61. The van der Waals surface area contributed by atoms with E-state index in [4.69, 9.17) is 4.74 Å². The molecule has 0 bridgehead atoms. The minimum Gasteiger partial charge on any atom is -0.495 e. The molecular weight excluding hydrogens is 338 g/mol. The van der Waals surface area contributed by atoms with E-state index in [1.54, 1.807) is 13.2 Å². The third-order valence-corrected chi connectivity index (χ3v) is 3.30. The first-order valence-electron chi connectivity index (χ1n) is 4.79. The molecule has 1 amide bonds. The Morgan fingerprint density at radius 1 is 1.31 bits per heavy atom. The molecule has 1 aromatic rings. The maximum Gasteiger partial charge on any atom is 0.226 e. The van der Waals surface area contributed by atoms with Crippen molar-refractivity contribution in [1.29, 1.82) is 0 Å². The van der Waals surface area contributed by atoms with Gasteiger partial charge < -0.3 is 10.1 Å². The lowest BCUT2D eigenvalue weighted by Gasteiger charge is -2.12. The number of carbonyl (C=O) groups excluding carboxylic acids is 1. The number of carbonyl (C=O) groups is 1. The molecule has 88 valence electrons. The van der Waals surface area contributed by atoms with Crippen molar-refractivity contribution in [2.75, 3.05) is 12.4 Å². The Morgan fingerprint density at radius 3 is 2.44 bits per heavy atom. The molecule has 0 fully saturated rings. The minimum atomic E-state index is -0.0541. The predicted molar refractivity (Wildman–Crippen MR) is 71.9 cm³/mol. The lowest BCUT2D eigenvalue weighted by atomic mass is 10.2. The Bertz CT molecular complexity index is 405. The van der Waals surface area contributed by atoms with Crippen molar-refractivity contribution in [2.24, 2.45) is 5.92 Å². The van der Waals surface area contributed by atoms with Gasteiger partial charge in [0.2, 0.25) is 5.91 Å². The molecule has 1 aromatic carbocycles. The van der Waals surface area contributed by atoms with Crippen LogP contribution < -0.4 is 10.1 Å². The number of nitrogens with one attached hydrogen (secondary N) is 1. The molecule has 0 saturated carbocycles. The average Bonchev–Trinajstić information content (AvgIpc) is 2.21. The molecule has 0 aliphatic carbocycles. The standard InChI is InChI=1S/C11H13Br2NO2/c1-6(2)11(15)14-9-5-10(16-3)8(13)4-7(9)12/h4-6H,1-3H3,(H,14,15). The fourth-order valence-corrected chi connectivity index (χ4v) is 2.31. The van der Waals surface area contributed by atoms with Gasteiger partial charge in [-0.2, -0.15) is 0 Å². The Morgan fingerprint density at radius 2 is 1.94 bits per heavy atom. The van der Waals surface area contributed by atoms with E-state index in [9.17, 15) is 4.79 Å². The van der Waals surface area contributed by atoms with E-state index in [0.29, 0.717) is 11.4 Å². The smallest absolute Gasteiger partial charge is 0.226 e. The van der Waals surface area contributed by atoms with E-state index >= 15 is 0 Å². The number of hydrogen-bond donors (Lipinski definition) is 1. The SMILES string of the molecule is COc1cc(NC(=O)C(C)C)c(Br)cc1Br. The topological polar surface area (TPSA) is 38.3 Å². The van der Waals surface area contributed by atoms with Crippen molar-refractivity contribution >= 4 is 43.5 Å². The van der Waals surface area contributed by atoms with Crippen molar-refractivity contribution < 1.29 is 9.53 Å². The van der Waals surface area contributed by atoms with Crippen molar-refractivity contribution in [3.8, 4) is 5.75 Å². The summed E-state index contributed by atoms with van der Waals surface area (Å²) in [7, 11) is 1.59. The molecule has 0 heterocycles. The van der Waals surface area contributed by atoms with Crippen LogP contribution in [0.3, 0.4) is 0 Å². The minimum absolute atomic E-state index is 0.0231. The first-order chi connectivity index (χ1) is 7.45. The van der Waals surface area contributed by atoms with Crippen LogP contribution in [0.4, 0.5) is 5.69 Å². The lowest BCUT2D eigenvalue weighted by Crippen LogP contribution is -2.18. The zero-order valence-corrected chi connectivity index (χ0v) is 12.5. The first kappa shape index (κ1) is 13.5. The first-order valence-corrected chi connectivity index (χ1v) is 6.38. The van der Waals surface area contributed by atoms with Crippen LogP contribution in [0.25, 0.3) is 0 Å². The monoisotopic (exact) mass is 349 g/mol. The predicted octanol–water partition coefficient (Wildman–Crippen LogP) is 3.81. The molecule has 1 N–H and O–H groups in total. The normalized spacial score (nSPS) is 10.4. The van der Waals surface area contributed by atoms with E-state index in [1.165, 1.54) is 0 Å². The van der Waals surface area contributed by atoms with Gasteiger partial charge >= 0.3 is 0 Å². The summed E-state index contributed by atoms with van der Waals surface area (Å²) in [6, 6.07) is 3.61. The number of halogens is 2. The molecule has 0 saturated heterocycles. The zero-order valence-electron chi connectivity index (χ0n) is 9.30. The van der Waals surface area contributed by atoms with Crippen LogP contribution in [0.15, 0.2) is 21.1 Å². The fourth-order valence-electron chi connectivity index (χ4n) is 1.06. The Balaban J connectivity index is 3.00. The van der Waals surface area contributed by atoms with Crippen LogP contribution in [0.5, 0.6) is 5.75 Å². The summed E-state index contributed by atoms with van der Waals surface area (Å²) in [5, 5.41) is 2.82. The van der Waals surface area contributed by atoms with Crippen LogP contribution in [0.1, 0.15) is 13.8 Å². The largest absolute Gasteiger partial charge is 0.495 e. The van der Waals surface area contributed by atoms with Crippen LogP contribution in [-0.2, 0) is 4.79 Å². The molecule has 0 aliphatic heterocycles. The fraction of sp³-hybridized carbons (Fsp3) is 0.364. The van der Waals surface area contributed by atoms with Gasteiger partial charge in [0.25, 0.3) is 0 Å². The summed E-state index contributed by atoms with van der Waals surface area (Å²) in [4.78, 5) is 11.6. The highest BCUT2D eigenvalue weighted by atomic mass is 79.9. The molecule has 16 heavy (non-hydrogen) atoms. The summed E-state index contributed by atoms with van der Waals surface area (Å²) in [6.45, 7) is 3.69. The van der Waals surface area contributed by atoms with Crippen LogP contribution in [-0.4, -0.2) is 13.0 Å². The van der Waals surface area contributed by atoms with Gasteiger partial charge in [-0.25, -0.2) is 0 Å². The number of ether oxygens (including phenoxy) is 1. The second-order valence-corrected chi connectivity index (χ2v) is 5.32. The maximum absolute atomic E-state index is 11.6. The quantitative estimate of drug-likeness (QED) is 0.900. The van der Waals surface area contributed by atoms with E-state index in [-0.39, 0.29) is 11.8 Å². The summed E-state index contributed by atoms with van der Waals surface area (Å²) in [5.41, 5.74) is 0.707. The van der Waals surface area contributed by atoms with Gasteiger partial charge in [-0.05, 0) is 37.9 Å². The van der Waals surface area contributed by atoms with Crippen molar-refractivity contribution in [3.63, 3.8) is 0 Å². The molecule has 0 radical (unpaired) electrons. The third-order valence-electron chi connectivity index (χ3n) is 2.02. The number of anilines is 1. The highest BCUT2D eigenvalue weighted by molar-refractivity contribution is 9.11. The van der Waals surface area contributed by atoms with Crippen LogP contribution in [0.2, 0.25) is 0 Å². The summed E-state index contributed by atoms with van der Waals surface area (Å²) in [6.07, 6.45) is 0. The van der Waals surface area contributed by atoms with Gasteiger partial charge in [-0.1, -0.05) is 13.8 Å². The number of hydrogen-bond acceptors (Lipinski definition) is 2. The second kappa shape index (κ2) is 5.68.